The molecule has 0 bridgehead atoms. The zero-order chi connectivity index (χ0) is 18.5. The van der Waals surface area contributed by atoms with E-state index in [4.69, 9.17) is 5.73 Å². The van der Waals surface area contributed by atoms with Gasteiger partial charge < -0.3 is 21.1 Å². The number of primary amides is 1. The molecule has 1 aliphatic rings. The Balaban J connectivity index is 1.71. The average molecular weight is 353 g/mol. The summed E-state index contributed by atoms with van der Waals surface area (Å²) in [6, 6.07) is 15.5. The second kappa shape index (κ2) is 8.01. The fourth-order valence-corrected chi connectivity index (χ4v) is 3.46. The quantitative estimate of drug-likeness (QED) is 0.771. The SMILES string of the molecule is NC(=O)Nc1cccc(C(=O)N2CCCC2CC(O)c2ccccc2)c1. The third kappa shape index (κ3) is 4.21. The highest BCUT2D eigenvalue weighted by Gasteiger charge is 2.31. The van der Waals surface area contributed by atoms with E-state index in [0.29, 0.717) is 24.2 Å². The standard InChI is InChI=1S/C20H23N3O3/c21-20(26)22-16-9-4-8-15(12-16)19(25)23-11-5-10-17(23)13-18(24)14-6-2-1-3-7-14/h1-4,6-9,12,17-18,24H,5,10-11,13H2,(H3,21,22,26). The van der Waals surface area contributed by atoms with Crippen molar-refractivity contribution in [2.75, 3.05) is 11.9 Å². The van der Waals surface area contributed by atoms with E-state index >= 15 is 0 Å². The second-order valence-corrected chi connectivity index (χ2v) is 6.53. The van der Waals surface area contributed by atoms with Crippen LogP contribution >= 0.6 is 0 Å². The summed E-state index contributed by atoms with van der Waals surface area (Å²) >= 11 is 0. The third-order valence-corrected chi connectivity index (χ3v) is 4.69. The molecule has 1 aliphatic heterocycles. The molecular weight excluding hydrogens is 330 g/mol. The number of anilines is 1. The van der Waals surface area contributed by atoms with Gasteiger partial charge in [0.15, 0.2) is 0 Å². The molecule has 6 heteroatoms. The van der Waals surface area contributed by atoms with Gasteiger partial charge in [-0.2, -0.15) is 0 Å². The zero-order valence-electron chi connectivity index (χ0n) is 14.5. The van der Waals surface area contributed by atoms with E-state index in [-0.39, 0.29) is 11.9 Å². The van der Waals surface area contributed by atoms with Crippen LogP contribution < -0.4 is 11.1 Å². The average Bonchev–Trinajstić information content (AvgIpc) is 3.09. The Morgan fingerprint density at radius 3 is 2.69 bits per heavy atom. The van der Waals surface area contributed by atoms with Gasteiger partial charge in [0.25, 0.3) is 5.91 Å². The third-order valence-electron chi connectivity index (χ3n) is 4.69. The zero-order valence-corrected chi connectivity index (χ0v) is 14.5. The molecule has 0 spiro atoms. The van der Waals surface area contributed by atoms with Crippen LogP contribution in [0.15, 0.2) is 54.6 Å². The van der Waals surface area contributed by atoms with Crippen LogP contribution in [0.5, 0.6) is 0 Å². The van der Waals surface area contributed by atoms with E-state index in [1.165, 1.54) is 0 Å². The summed E-state index contributed by atoms with van der Waals surface area (Å²) in [6.07, 6.45) is 1.69. The van der Waals surface area contributed by atoms with E-state index in [0.717, 1.165) is 18.4 Å². The van der Waals surface area contributed by atoms with Crippen molar-refractivity contribution in [3.8, 4) is 0 Å². The minimum atomic E-state index is -0.667. The van der Waals surface area contributed by atoms with Crippen molar-refractivity contribution in [1.29, 1.82) is 0 Å². The monoisotopic (exact) mass is 353 g/mol. The number of amides is 3. The number of hydrogen-bond donors (Lipinski definition) is 3. The Morgan fingerprint density at radius 2 is 1.96 bits per heavy atom. The minimum absolute atomic E-state index is 0.00883. The maximum Gasteiger partial charge on any atom is 0.316 e. The lowest BCUT2D eigenvalue weighted by Crippen LogP contribution is -2.36. The highest BCUT2D eigenvalue weighted by atomic mass is 16.3. The Bertz CT molecular complexity index is 779. The first-order chi connectivity index (χ1) is 12.5. The summed E-state index contributed by atoms with van der Waals surface area (Å²) in [5, 5.41) is 13.0. The number of nitrogens with one attached hydrogen (secondary N) is 1. The number of hydrogen-bond acceptors (Lipinski definition) is 3. The summed E-state index contributed by atoms with van der Waals surface area (Å²) in [7, 11) is 0. The Kier molecular flexibility index (Phi) is 5.53. The number of likely N-dealkylation sites (tertiary alicyclic amines) is 1. The molecule has 2 aromatic carbocycles. The summed E-state index contributed by atoms with van der Waals surface area (Å²) in [4.78, 5) is 25.7. The van der Waals surface area contributed by atoms with Gasteiger partial charge in [0.1, 0.15) is 0 Å². The molecule has 3 amide bonds. The van der Waals surface area contributed by atoms with Crippen LogP contribution in [0.4, 0.5) is 10.5 Å². The number of carbonyl (C=O) groups excluding carboxylic acids is 2. The highest BCUT2D eigenvalue weighted by Crippen LogP contribution is 2.29. The number of aliphatic hydroxyl groups excluding tert-OH is 1. The molecule has 136 valence electrons. The topological polar surface area (TPSA) is 95.7 Å². The smallest absolute Gasteiger partial charge is 0.316 e. The lowest BCUT2D eigenvalue weighted by Gasteiger charge is -2.27. The van der Waals surface area contributed by atoms with Crippen molar-refractivity contribution < 1.29 is 14.7 Å². The van der Waals surface area contributed by atoms with Crippen LogP contribution in [0, 0.1) is 0 Å². The van der Waals surface area contributed by atoms with Crippen molar-refractivity contribution in [3.05, 3.63) is 65.7 Å². The Morgan fingerprint density at radius 1 is 1.19 bits per heavy atom. The highest BCUT2D eigenvalue weighted by molar-refractivity contribution is 5.97. The number of benzene rings is 2. The minimum Gasteiger partial charge on any atom is -0.388 e. The van der Waals surface area contributed by atoms with Crippen LogP contribution in [-0.4, -0.2) is 34.5 Å². The number of rotatable bonds is 5. The first-order valence-corrected chi connectivity index (χ1v) is 8.75. The van der Waals surface area contributed by atoms with E-state index in [9.17, 15) is 14.7 Å². The van der Waals surface area contributed by atoms with Gasteiger partial charge in [-0.25, -0.2) is 4.79 Å². The largest absolute Gasteiger partial charge is 0.388 e. The lowest BCUT2D eigenvalue weighted by molar-refractivity contribution is 0.0667. The maximum absolute atomic E-state index is 12.9. The molecule has 0 aliphatic carbocycles. The molecule has 6 nitrogen and oxygen atoms in total. The van der Waals surface area contributed by atoms with Crippen LogP contribution in [0.1, 0.15) is 41.3 Å². The number of urea groups is 1. The van der Waals surface area contributed by atoms with Crippen LogP contribution in [0.3, 0.4) is 0 Å². The van der Waals surface area contributed by atoms with Crippen molar-refractivity contribution in [3.63, 3.8) is 0 Å². The molecule has 2 unspecified atom stereocenters. The normalized spacial score (nSPS) is 17.7. The van der Waals surface area contributed by atoms with Gasteiger partial charge in [-0.1, -0.05) is 36.4 Å². The Hall–Kier alpha value is -2.86. The molecular formula is C20H23N3O3. The number of nitrogens with two attached hydrogens (primary N) is 1. The van der Waals surface area contributed by atoms with Crippen molar-refractivity contribution >= 4 is 17.6 Å². The molecule has 1 fully saturated rings. The molecule has 0 radical (unpaired) electrons. The molecule has 0 saturated carbocycles. The molecule has 2 aromatic rings. The molecule has 26 heavy (non-hydrogen) atoms. The van der Waals surface area contributed by atoms with Crippen LogP contribution in [0.25, 0.3) is 0 Å². The molecule has 1 heterocycles. The maximum atomic E-state index is 12.9. The van der Waals surface area contributed by atoms with Crippen LogP contribution in [0.2, 0.25) is 0 Å². The summed E-state index contributed by atoms with van der Waals surface area (Å²) in [5.41, 5.74) is 6.98. The predicted octanol–water partition coefficient (Wildman–Crippen LogP) is 2.91. The van der Waals surface area contributed by atoms with Crippen molar-refractivity contribution in [1.82, 2.24) is 4.90 Å². The molecule has 2 atom stereocenters. The van der Waals surface area contributed by atoms with Gasteiger partial charge >= 0.3 is 6.03 Å². The summed E-state index contributed by atoms with van der Waals surface area (Å²) < 4.78 is 0. The van der Waals surface area contributed by atoms with Gasteiger partial charge in [-0.05, 0) is 43.0 Å². The fraction of sp³-hybridized carbons (Fsp3) is 0.300. The van der Waals surface area contributed by atoms with Gasteiger partial charge in [-0.15, -0.1) is 0 Å². The Labute approximate surface area is 152 Å². The summed E-state index contributed by atoms with van der Waals surface area (Å²) in [5.74, 6) is -0.0964. The molecule has 4 N–H and O–H groups in total. The number of nitrogens with zero attached hydrogens (tertiary/aromatic N) is 1. The van der Waals surface area contributed by atoms with E-state index in [2.05, 4.69) is 5.32 Å². The lowest BCUT2D eigenvalue weighted by atomic mass is 10.00. The van der Waals surface area contributed by atoms with Crippen molar-refractivity contribution in [2.24, 2.45) is 5.73 Å². The predicted molar refractivity (Wildman–Crippen MR) is 99.7 cm³/mol. The van der Waals surface area contributed by atoms with Crippen LogP contribution in [-0.2, 0) is 0 Å². The first-order valence-electron chi connectivity index (χ1n) is 8.75. The number of aliphatic hydroxyl groups is 1. The van der Waals surface area contributed by atoms with Gasteiger partial charge in [0.2, 0.25) is 0 Å². The first kappa shape index (κ1) is 17.9. The van der Waals surface area contributed by atoms with Crippen molar-refractivity contribution in [2.45, 2.75) is 31.4 Å². The second-order valence-electron chi connectivity index (χ2n) is 6.53. The number of carbonyl (C=O) groups is 2. The van der Waals surface area contributed by atoms with Gasteiger partial charge in [0.05, 0.1) is 6.10 Å². The van der Waals surface area contributed by atoms with E-state index in [1.807, 2.05) is 35.2 Å². The van der Waals surface area contributed by atoms with Gasteiger partial charge in [0, 0.05) is 23.8 Å². The van der Waals surface area contributed by atoms with E-state index in [1.54, 1.807) is 24.3 Å². The van der Waals surface area contributed by atoms with E-state index < -0.39 is 12.1 Å². The summed E-state index contributed by atoms with van der Waals surface area (Å²) in [6.45, 7) is 0.665. The molecule has 1 saturated heterocycles. The van der Waals surface area contributed by atoms with Gasteiger partial charge in [-0.3, -0.25) is 4.79 Å². The molecule has 3 rings (SSSR count). The fourth-order valence-electron chi connectivity index (χ4n) is 3.46. The molecule has 0 aromatic heterocycles.